The van der Waals surface area contributed by atoms with Crippen LogP contribution in [-0.4, -0.2) is 59.7 Å². The number of benzene rings is 2. The highest BCUT2D eigenvalue weighted by Crippen LogP contribution is 2.28. The van der Waals surface area contributed by atoms with Crippen molar-refractivity contribution in [2.75, 3.05) is 51.3 Å². The van der Waals surface area contributed by atoms with E-state index in [2.05, 4.69) is 20.6 Å². The van der Waals surface area contributed by atoms with Gasteiger partial charge in [-0.3, -0.25) is 4.90 Å². The number of para-hydroxylation sites is 2. The van der Waals surface area contributed by atoms with Gasteiger partial charge in [-0.05, 0) is 49.7 Å². The summed E-state index contributed by atoms with van der Waals surface area (Å²) in [5, 5.41) is 0. The first-order valence-corrected chi connectivity index (χ1v) is 11.2. The Morgan fingerprint density at radius 1 is 1.10 bits per heavy atom. The van der Waals surface area contributed by atoms with Crippen LogP contribution in [0.3, 0.4) is 0 Å². The van der Waals surface area contributed by atoms with Crippen LogP contribution in [-0.2, 0) is 10.0 Å². The standard InChI is InChI=1S/C21H28FN3O3S/c1-17-8-9-18(22)16-21(17)29(26,27)23-10-5-11-24-12-14-25(15-13-24)19-6-3-4-7-20(19)28-2/h3-4,6-9,16,23H,5,10-15H2,1-2H3. The van der Waals surface area contributed by atoms with E-state index in [0.717, 1.165) is 50.2 Å². The number of halogens is 1. The molecule has 0 aromatic heterocycles. The third-order valence-electron chi connectivity index (χ3n) is 5.18. The molecular weight excluding hydrogens is 393 g/mol. The van der Waals surface area contributed by atoms with Crippen molar-refractivity contribution >= 4 is 15.7 Å². The van der Waals surface area contributed by atoms with Crippen LogP contribution in [0.15, 0.2) is 47.4 Å². The third kappa shape index (κ3) is 5.46. The highest BCUT2D eigenvalue weighted by molar-refractivity contribution is 7.89. The lowest BCUT2D eigenvalue weighted by molar-refractivity contribution is 0.254. The second-order valence-corrected chi connectivity index (χ2v) is 8.90. The summed E-state index contributed by atoms with van der Waals surface area (Å²) < 4.78 is 46.2. The summed E-state index contributed by atoms with van der Waals surface area (Å²) >= 11 is 0. The van der Waals surface area contributed by atoms with Gasteiger partial charge >= 0.3 is 0 Å². The minimum Gasteiger partial charge on any atom is -0.495 e. The summed E-state index contributed by atoms with van der Waals surface area (Å²) in [4.78, 5) is 4.64. The largest absolute Gasteiger partial charge is 0.495 e. The summed E-state index contributed by atoms with van der Waals surface area (Å²) in [7, 11) is -2.02. The van der Waals surface area contributed by atoms with E-state index in [1.54, 1.807) is 14.0 Å². The average molecular weight is 422 g/mol. The molecule has 1 saturated heterocycles. The van der Waals surface area contributed by atoms with Gasteiger partial charge in [-0.2, -0.15) is 0 Å². The van der Waals surface area contributed by atoms with Crippen molar-refractivity contribution in [3.63, 3.8) is 0 Å². The van der Waals surface area contributed by atoms with E-state index in [4.69, 9.17) is 4.74 Å². The van der Waals surface area contributed by atoms with Gasteiger partial charge in [0, 0.05) is 32.7 Å². The van der Waals surface area contributed by atoms with Gasteiger partial charge in [-0.1, -0.05) is 18.2 Å². The van der Waals surface area contributed by atoms with Crippen molar-refractivity contribution < 1.29 is 17.5 Å². The molecule has 0 amide bonds. The van der Waals surface area contributed by atoms with Gasteiger partial charge in [0.25, 0.3) is 0 Å². The average Bonchev–Trinajstić information content (AvgIpc) is 2.73. The molecule has 0 aliphatic carbocycles. The van der Waals surface area contributed by atoms with Crippen molar-refractivity contribution in [1.29, 1.82) is 0 Å². The minimum atomic E-state index is -3.70. The molecular formula is C21H28FN3O3S. The molecule has 2 aromatic carbocycles. The maximum absolute atomic E-state index is 13.4. The van der Waals surface area contributed by atoms with E-state index in [9.17, 15) is 12.8 Å². The van der Waals surface area contributed by atoms with Crippen LogP contribution in [0.2, 0.25) is 0 Å². The van der Waals surface area contributed by atoms with Gasteiger partial charge in [0.1, 0.15) is 11.6 Å². The lowest BCUT2D eigenvalue weighted by atomic mass is 10.2. The van der Waals surface area contributed by atoms with Crippen LogP contribution in [0.25, 0.3) is 0 Å². The number of nitrogens with one attached hydrogen (secondary N) is 1. The number of hydrogen-bond donors (Lipinski definition) is 1. The Morgan fingerprint density at radius 3 is 2.55 bits per heavy atom. The van der Waals surface area contributed by atoms with Crippen molar-refractivity contribution in [2.24, 2.45) is 0 Å². The molecule has 0 bridgehead atoms. The predicted molar refractivity (Wildman–Crippen MR) is 113 cm³/mol. The predicted octanol–water partition coefficient (Wildman–Crippen LogP) is 2.63. The molecule has 0 spiro atoms. The number of aryl methyl sites for hydroxylation is 1. The van der Waals surface area contributed by atoms with E-state index in [1.807, 2.05) is 18.2 Å². The number of ether oxygens (including phenoxy) is 1. The van der Waals surface area contributed by atoms with Crippen LogP contribution in [0.5, 0.6) is 5.75 Å². The van der Waals surface area contributed by atoms with Gasteiger partial charge in [0.2, 0.25) is 10.0 Å². The van der Waals surface area contributed by atoms with Crippen molar-refractivity contribution in [1.82, 2.24) is 9.62 Å². The van der Waals surface area contributed by atoms with E-state index < -0.39 is 15.8 Å². The maximum atomic E-state index is 13.4. The molecule has 0 unspecified atom stereocenters. The molecule has 1 fully saturated rings. The zero-order valence-corrected chi connectivity index (χ0v) is 17.7. The first-order valence-electron chi connectivity index (χ1n) is 9.77. The molecule has 29 heavy (non-hydrogen) atoms. The fraction of sp³-hybridized carbons (Fsp3) is 0.429. The van der Waals surface area contributed by atoms with Crippen LogP contribution >= 0.6 is 0 Å². The van der Waals surface area contributed by atoms with Crippen LogP contribution in [0.1, 0.15) is 12.0 Å². The molecule has 1 N–H and O–H groups in total. The second kappa shape index (κ2) is 9.56. The van der Waals surface area contributed by atoms with E-state index in [1.165, 1.54) is 12.1 Å². The summed E-state index contributed by atoms with van der Waals surface area (Å²) in [6.45, 7) is 6.41. The molecule has 1 aliphatic rings. The highest BCUT2D eigenvalue weighted by Gasteiger charge is 2.20. The molecule has 0 radical (unpaired) electrons. The lowest BCUT2D eigenvalue weighted by Crippen LogP contribution is -2.47. The minimum absolute atomic E-state index is 0.00271. The number of sulfonamides is 1. The number of nitrogens with zero attached hydrogens (tertiary/aromatic N) is 2. The number of anilines is 1. The van der Waals surface area contributed by atoms with Crippen molar-refractivity contribution in [3.05, 3.63) is 53.8 Å². The first kappa shape index (κ1) is 21.5. The van der Waals surface area contributed by atoms with Crippen LogP contribution in [0.4, 0.5) is 10.1 Å². The number of rotatable bonds is 8. The summed E-state index contributed by atoms with van der Waals surface area (Å²) in [6.07, 6.45) is 0.697. The quantitative estimate of drug-likeness (QED) is 0.664. The SMILES string of the molecule is COc1ccccc1N1CCN(CCCNS(=O)(=O)c2cc(F)ccc2C)CC1. The zero-order chi connectivity index (χ0) is 20.9. The Balaban J connectivity index is 1.45. The summed E-state index contributed by atoms with van der Waals surface area (Å²) in [5.74, 6) is 0.326. The Morgan fingerprint density at radius 2 is 1.83 bits per heavy atom. The second-order valence-electron chi connectivity index (χ2n) is 7.16. The normalized spacial score (nSPS) is 15.5. The van der Waals surface area contributed by atoms with Crippen molar-refractivity contribution in [2.45, 2.75) is 18.2 Å². The Labute approximate surface area is 172 Å². The fourth-order valence-electron chi connectivity index (χ4n) is 3.55. The molecule has 0 atom stereocenters. The van der Waals surface area contributed by atoms with Crippen LogP contribution < -0.4 is 14.4 Å². The van der Waals surface area contributed by atoms with E-state index in [-0.39, 0.29) is 4.90 Å². The smallest absolute Gasteiger partial charge is 0.240 e. The molecule has 6 nitrogen and oxygen atoms in total. The zero-order valence-electron chi connectivity index (χ0n) is 16.9. The van der Waals surface area contributed by atoms with Gasteiger partial charge in [-0.25, -0.2) is 17.5 Å². The number of methoxy groups -OCH3 is 1. The van der Waals surface area contributed by atoms with Gasteiger partial charge in [0.15, 0.2) is 0 Å². The number of hydrogen-bond acceptors (Lipinski definition) is 5. The maximum Gasteiger partial charge on any atom is 0.240 e. The topological polar surface area (TPSA) is 61.9 Å². The third-order valence-corrected chi connectivity index (χ3v) is 6.78. The van der Waals surface area contributed by atoms with Crippen LogP contribution in [0, 0.1) is 12.7 Å². The van der Waals surface area contributed by atoms with Gasteiger partial charge < -0.3 is 9.64 Å². The van der Waals surface area contributed by atoms with Gasteiger partial charge in [-0.15, -0.1) is 0 Å². The Hall–Kier alpha value is -2.16. The Bertz CT molecular complexity index is 929. The molecule has 0 saturated carbocycles. The van der Waals surface area contributed by atoms with E-state index >= 15 is 0 Å². The monoisotopic (exact) mass is 421 g/mol. The van der Waals surface area contributed by atoms with Gasteiger partial charge in [0.05, 0.1) is 17.7 Å². The molecule has 158 valence electrons. The van der Waals surface area contributed by atoms with Crippen molar-refractivity contribution in [3.8, 4) is 5.75 Å². The number of piperazine rings is 1. The molecule has 2 aromatic rings. The molecule has 1 aliphatic heterocycles. The summed E-state index contributed by atoms with van der Waals surface area (Å²) in [5.41, 5.74) is 1.64. The molecule has 3 rings (SSSR count). The van der Waals surface area contributed by atoms with E-state index in [0.29, 0.717) is 18.5 Å². The molecule has 8 heteroatoms. The Kier molecular flexibility index (Phi) is 7.10. The molecule has 1 heterocycles. The summed E-state index contributed by atoms with van der Waals surface area (Å²) in [6, 6.07) is 11.8. The highest BCUT2D eigenvalue weighted by atomic mass is 32.2. The fourth-order valence-corrected chi connectivity index (χ4v) is 4.88. The first-order chi connectivity index (χ1) is 13.9. The lowest BCUT2D eigenvalue weighted by Gasteiger charge is -2.36.